The normalized spacial score (nSPS) is 11.0. The van der Waals surface area contributed by atoms with E-state index in [4.69, 9.17) is 11.6 Å². The molecule has 0 aliphatic carbocycles. The number of benzene rings is 2. The summed E-state index contributed by atoms with van der Waals surface area (Å²) in [6.07, 6.45) is 0.734. The van der Waals surface area contributed by atoms with Crippen molar-refractivity contribution in [1.82, 2.24) is 9.78 Å². The van der Waals surface area contributed by atoms with E-state index in [-0.39, 0.29) is 5.56 Å². The molecule has 3 rings (SSSR count). The van der Waals surface area contributed by atoms with Gasteiger partial charge in [-0.3, -0.25) is 4.79 Å². The molecule has 0 saturated carbocycles. The monoisotopic (exact) mass is 498 g/mol. The van der Waals surface area contributed by atoms with Crippen molar-refractivity contribution in [2.75, 3.05) is 0 Å². The van der Waals surface area contributed by atoms with Gasteiger partial charge in [-0.25, -0.2) is 9.07 Å². The zero-order chi connectivity index (χ0) is 18.8. The molecule has 7 heteroatoms. The van der Waals surface area contributed by atoms with Gasteiger partial charge in [0.25, 0.3) is 0 Å². The molecule has 0 unspecified atom stereocenters. The van der Waals surface area contributed by atoms with Crippen LogP contribution in [-0.4, -0.2) is 15.6 Å². The van der Waals surface area contributed by atoms with Crippen molar-refractivity contribution in [3.63, 3.8) is 0 Å². The Morgan fingerprint density at radius 2 is 1.96 bits per heavy atom. The highest BCUT2D eigenvalue weighted by molar-refractivity contribution is 9.10. The first-order chi connectivity index (χ1) is 12.5. The van der Waals surface area contributed by atoms with Gasteiger partial charge in [-0.2, -0.15) is 5.10 Å². The Kier molecular flexibility index (Phi) is 5.95. The van der Waals surface area contributed by atoms with E-state index in [1.807, 2.05) is 6.92 Å². The SMILES string of the molecule is CCc1nn(-c2ccc(Cl)cc2C(=O)c2ccccc2F)c(CBr)c1Br. The van der Waals surface area contributed by atoms with E-state index in [1.54, 1.807) is 35.0 Å². The summed E-state index contributed by atoms with van der Waals surface area (Å²) >= 11 is 13.2. The molecular formula is C19H14Br2ClFN2O. The number of nitrogens with zero attached hydrogens (tertiary/aromatic N) is 2. The van der Waals surface area contributed by atoms with Gasteiger partial charge in [0.1, 0.15) is 5.82 Å². The van der Waals surface area contributed by atoms with E-state index in [0.29, 0.717) is 21.6 Å². The van der Waals surface area contributed by atoms with Crippen molar-refractivity contribution in [3.05, 3.63) is 80.3 Å². The molecule has 3 nitrogen and oxygen atoms in total. The highest BCUT2D eigenvalue weighted by Gasteiger charge is 2.22. The van der Waals surface area contributed by atoms with E-state index in [2.05, 4.69) is 37.0 Å². The van der Waals surface area contributed by atoms with Crippen LogP contribution in [0.15, 0.2) is 46.9 Å². The fourth-order valence-electron chi connectivity index (χ4n) is 2.69. The lowest BCUT2D eigenvalue weighted by Gasteiger charge is -2.12. The van der Waals surface area contributed by atoms with Crippen molar-refractivity contribution in [1.29, 1.82) is 0 Å². The molecule has 26 heavy (non-hydrogen) atoms. The Morgan fingerprint density at radius 1 is 1.23 bits per heavy atom. The fraction of sp³-hybridized carbons (Fsp3) is 0.158. The standard InChI is InChI=1S/C19H14Br2ClFN2O/c1-2-15-18(21)17(10-20)25(24-15)16-8-7-11(22)9-13(16)19(26)12-5-3-4-6-14(12)23/h3-9H,2,10H2,1H3. The van der Waals surface area contributed by atoms with Crippen LogP contribution in [0.5, 0.6) is 0 Å². The van der Waals surface area contributed by atoms with Crippen LogP contribution in [0.25, 0.3) is 5.69 Å². The van der Waals surface area contributed by atoms with E-state index in [9.17, 15) is 9.18 Å². The minimum Gasteiger partial charge on any atom is -0.288 e. The molecule has 0 bridgehead atoms. The quantitative estimate of drug-likeness (QED) is 0.313. The summed E-state index contributed by atoms with van der Waals surface area (Å²) in [5.74, 6) is -1.01. The molecule has 3 aromatic rings. The molecular weight excluding hydrogens is 486 g/mol. The van der Waals surface area contributed by atoms with Crippen LogP contribution >= 0.6 is 43.5 Å². The molecule has 0 radical (unpaired) electrons. The molecule has 0 aliphatic heterocycles. The molecule has 0 saturated heterocycles. The molecule has 134 valence electrons. The topological polar surface area (TPSA) is 34.9 Å². The average Bonchev–Trinajstić information content (AvgIpc) is 2.97. The van der Waals surface area contributed by atoms with Gasteiger partial charge in [0, 0.05) is 15.9 Å². The van der Waals surface area contributed by atoms with Gasteiger partial charge >= 0.3 is 0 Å². The first-order valence-electron chi connectivity index (χ1n) is 7.89. The van der Waals surface area contributed by atoms with Crippen LogP contribution in [0.4, 0.5) is 4.39 Å². The Bertz CT molecular complexity index is 988. The molecule has 1 aromatic heterocycles. The van der Waals surface area contributed by atoms with Gasteiger partial charge in [0.05, 0.1) is 27.1 Å². The third kappa shape index (κ3) is 3.50. The van der Waals surface area contributed by atoms with E-state index in [1.165, 1.54) is 12.1 Å². The maximum atomic E-state index is 14.1. The third-order valence-electron chi connectivity index (χ3n) is 3.99. The second-order valence-electron chi connectivity index (χ2n) is 5.58. The van der Waals surface area contributed by atoms with Crippen LogP contribution in [0.2, 0.25) is 5.02 Å². The number of aryl methyl sites for hydroxylation is 1. The van der Waals surface area contributed by atoms with Gasteiger partial charge < -0.3 is 0 Å². The van der Waals surface area contributed by atoms with E-state index in [0.717, 1.165) is 22.3 Å². The molecule has 1 heterocycles. The van der Waals surface area contributed by atoms with E-state index >= 15 is 0 Å². The lowest BCUT2D eigenvalue weighted by molar-refractivity contribution is 0.103. The van der Waals surface area contributed by atoms with Gasteiger partial charge in [0.15, 0.2) is 5.78 Å². The number of hydrogen-bond acceptors (Lipinski definition) is 2. The maximum Gasteiger partial charge on any atom is 0.198 e. The number of carbonyl (C=O) groups excluding carboxylic acids is 1. The van der Waals surface area contributed by atoms with Crippen molar-refractivity contribution in [2.45, 2.75) is 18.7 Å². The number of rotatable bonds is 5. The minimum atomic E-state index is -0.569. The summed E-state index contributed by atoms with van der Waals surface area (Å²) in [5.41, 5.74) is 2.59. The summed E-state index contributed by atoms with van der Waals surface area (Å²) in [4.78, 5) is 13.0. The predicted octanol–water partition coefficient (Wildman–Crippen LogP) is 6.12. The molecule has 2 aromatic carbocycles. The molecule has 0 spiro atoms. The molecule has 0 aliphatic rings. The molecule has 0 N–H and O–H groups in total. The highest BCUT2D eigenvalue weighted by atomic mass is 79.9. The molecule has 0 amide bonds. The Hall–Kier alpha value is -1.50. The van der Waals surface area contributed by atoms with Crippen LogP contribution in [-0.2, 0) is 11.8 Å². The second-order valence-corrected chi connectivity index (χ2v) is 7.37. The van der Waals surface area contributed by atoms with Crippen molar-refractivity contribution in [2.24, 2.45) is 0 Å². The summed E-state index contributed by atoms with van der Waals surface area (Å²) in [6, 6.07) is 10.9. The summed E-state index contributed by atoms with van der Waals surface area (Å²) in [6.45, 7) is 2.00. The first kappa shape index (κ1) is 19.3. The van der Waals surface area contributed by atoms with Crippen molar-refractivity contribution < 1.29 is 9.18 Å². The largest absolute Gasteiger partial charge is 0.288 e. The molecule has 0 fully saturated rings. The Morgan fingerprint density at radius 3 is 2.62 bits per heavy atom. The van der Waals surface area contributed by atoms with Crippen LogP contribution in [0.1, 0.15) is 34.2 Å². The number of halogens is 4. The fourth-order valence-corrected chi connectivity index (χ4v) is 4.42. The number of ketones is 1. The van der Waals surface area contributed by atoms with Crippen LogP contribution in [0, 0.1) is 5.82 Å². The van der Waals surface area contributed by atoms with Crippen molar-refractivity contribution in [3.8, 4) is 5.69 Å². The maximum absolute atomic E-state index is 14.1. The Labute approximate surface area is 172 Å². The number of hydrogen-bond donors (Lipinski definition) is 0. The zero-order valence-corrected chi connectivity index (χ0v) is 17.7. The Balaban J connectivity index is 2.23. The first-order valence-corrected chi connectivity index (χ1v) is 10.2. The van der Waals surface area contributed by atoms with Crippen LogP contribution < -0.4 is 0 Å². The molecule has 0 atom stereocenters. The zero-order valence-electron chi connectivity index (χ0n) is 13.8. The van der Waals surface area contributed by atoms with E-state index < -0.39 is 11.6 Å². The van der Waals surface area contributed by atoms with Gasteiger partial charge in [-0.05, 0) is 52.7 Å². The lowest BCUT2D eigenvalue weighted by Crippen LogP contribution is -2.11. The van der Waals surface area contributed by atoms with Gasteiger partial charge in [-0.15, -0.1) is 0 Å². The summed E-state index contributed by atoms with van der Waals surface area (Å²) in [5, 5.41) is 5.55. The summed E-state index contributed by atoms with van der Waals surface area (Å²) in [7, 11) is 0. The lowest BCUT2D eigenvalue weighted by atomic mass is 10.0. The third-order valence-corrected chi connectivity index (χ3v) is 5.68. The number of aromatic nitrogens is 2. The minimum absolute atomic E-state index is 0.00153. The summed E-state index contributed by atoms with van der Waals surface area (Å²) < 4.78 is 16.7. The predicted molar refractivity (Wildman–Crippen MR) is 108 cm³/mol. The van der Waals surface area contributed by atoms with Crippen LogP contribution in [0.3, 0.4) is 0 Å². The second kappa shape index (κ2) is 8.03. The van der Waals surface area contributed by atoms with Gasteiger partial charge in [-0.1, -0.05) is 46.6 Å². The highest BCUT2D eigenvalue weighted by Crippen LogP contribution is 2.30. The van der Waals surface area contributed by atoms with Crippen molar-refractivity contribution >= 4 is 49.2 Å². The van der Waals surface area contributed by atoms with Gasteiger partial charge in [0.2, 0.25) is 0 Å². The number of alkyl halides is 1. The smallest absolute Gasteiger partial charge is 0.198 e. The average molecular weight is 501 g/mol. The number of carbonyl (C=O) groups is 1.